The summed E-state index contributed by atoms with van der Waals surface area (Å²) < 4.78 is 0. The third kappa shape index (κ3) is 3.35. The molecular weight excluding hydrogens is 278 g/mol. The van der Waals surface area contributed by atoms with Crippen molar-refractivity contribution in [1.82, 2.24) is 20.3 Å². The highest BCUT2D eigenvalue weighted by Crippen LogP contribution is 2.17. The minimum atomic E-state index is -0.0977. The molecule has 1 amide bonds. The van der Waals surface area contributed by atoms with E-state index in [4.69, 9.17) is 0 Å². The molecule has 3 aromatic rings. The lowest BCUT2D eigenvalue weighted by atomic mass is 10.2. The maximum Gasteiger partial charge on any atom is 0.239 e. The SMILES string of the molecule is O=C(CNc1ncnc2ccccc12)NCc1ccncc1. The van der Waals surface area contributed by atoms with Gasteiger partial charge in [0.05, 0.1) is 12.1 Å². The van der Waals surface area contributed by atoms with Gasteiger partial charge >= 0.3 is 0 Å². The van der Waals surface area contributed by atoms with Crippen molar-refractivity contribution < 1.29 is 4.79 Å². The van der Waals surface area contributed by atoms with E-state index in [0.717, 1.165) is 16.5 Å². The second-order valence-electron chi connectivity index (χ2n) is 4.73. The molecule has 0 saturated heterocycles. The first-order chi connectivity index (χ1) is 10.8. The topological polar surface area (TPSA) is 79.8 Å². The molecule has 2 aromatic heterocycles. The maximum absolute atomic E-state index is 11.9. The van der Waals surface area contributed by atoms with Crippen LogP contribution >= 0.6 is 0 Å². The van der Waals surface area contributed by atoms with Gasteiger partial charge < -0.3 is 10.6 Å². The smallest absolute Gasteiger partial charge is 0.239 e. The van der Waals surface area contributed by atoms with Crippen molar-refractivity contribution in [3.05, 3.63) is 60.7 Å². The number of carbonyl (C=O) groups excluding carboxylic acids is 1. The Labute approximate surface area is 127 Å². The van der Waals surface area contributed by atoms with E-state index in [-0.39, 0.29) is 12.5 Å². The zero-order valence-electron chi connectivity index (χ0n) is 11.9. The number of aromatic nitrogens is 3. The van der Waals surface area contributed by atoms with Crippen molar-refractivity contribution >= 4 is 22.6 Å². The van der Waals surface area contributed by atoms with Crippen LogP contribution in [0.15, 0.2) is 55.1 Å². The summed E-state index contributed by atoms with van der Waals surface area (Å²) >= 11 is 0. The molecule has 6 heteroatoms. The van der Waals surface area contributed by atoms with Crippen molar-refractivity contribution in [2.24, 2.45) is 0 Å². The second-order valence-corrected chi connectivity index (χ2v) is 4.73. The fraction of sp³-hybridized carbons (Fsp3) is 0.125. The molecule has 0 spiro atoms. The van der Waals surface area contributed by atoms with E-state index in [9.17, 15) is 4.79 Å². The molecule has 0 saturated carbocycles. The summed E-state index contributed by atoms with van der Waals surface area (Å²) in [5, 5.41) is 6.79. The molecule has 6 nitrogen and oxygen atoms in total. The number of rotatable bonds is 5. The van der Waals surface area contributed by atoms with Crippen LogP contribution in [-0.2, 0) is 11.3 Å². The van der Waals surface area contributed by atoms with Crippen LogP contribution in [0.4, 0.5) is 5.82 Å². The largest absolute Gasteiger partial charge is 0.360 e. The number of benzene rings is 1. The summed E-state index contributed by atoms with van der Waals surface area (Å²) in [7, 11) is 0. The van der Waals surface area contributed by atoms with Crippen LogP contribution in [-0.4, -0.2) is 27.4 Å². The molecular formula is C16H15N5O. The van der Waals surface area contributed by atoms with E-state index in [1.165, 1.54) is 6.33 Å². The first-order valence-corrected chi connectivity index (χ1v) is 6.92. The molecule has 0 aliphatic carbocycles. The van der Waals surface area contributed by atoms with Crippen molar-refractivity contribution in [3.8, 4) is 0 Å². The highest BCUT2D eigenvalue weighted by molar-refractivity contribution is 5.90. The lowest BCUT2D eigenvalue weighted by Crippen LogP contribution is -2.29. The van der Waals surface area contributed by atoms with E-state index in [1.54, 1.807) is 12.4 Å². The monoisotopic (exact) mass is 293 g/mol. The highest BCUT2D eigenvalue weighted by Gasteiger charge is 2.05. The number of amides is 1. The van der Waals surface area contributed by atoms with Gasteiger partial charge in [-0.05, 0) is 29.8 Å². The summed E-state index contributed by atoms with van der Waals surface area (Å²) in [6, 6.07) is 11.4. The van der Waals surface area contributed by atoms with Gasteiger partial charge in [0.25, 0.3) is 0 Å². The first-order valence-electron chi connectivity index (χ1n) is 6.92. The van der Waals surface area contributed by atoms with Gasteiger partial charge in [0.15, 0.2) is 0 Å². The van der Waals surface area contributed by atoms with Gasteiger partial charge in [-0.15, -0.1) is 0 Å². The van der Waals surface area contributed by atoms with E-state index in [1.807, 2.05) is 36.4 Å². The first kappa shape index (κ1) is 13.9. The molecule has 0 aliphatic rings. The maximum atomic E-state index is 11.9. The summed E-state index contributed by atoms with van der Waals surface area (Å²) in [4.78, 5) is 24.2. The van der Waals surface area contributed by atoms with Crippen LogP contribution in [0.1, 0.15) is 5.56 Å². The molecule has 0 unspecified atom stereocenters. The van der Waals surface area contributed by atoms with Gasteiger partial charge in [0.2, 0.25) is 5.91 Å². The molecule has 0 aliphatic heterocycles. The molecule has 0 atom stereocenters. The van der Waals surface area contributed by atoms with Crippen molar-refractivity contribution in [2.75, 3.05) is 11.9 Å². The third-order valence-corrected chi connectivity index (χ3v) is 3.20. The van der Waals surface area contributed by atoms with E-state index in [0.29, 0.717) is 12.4 Å². The average molecular weight is 293 g/mol. The quantitative estimate of drug-likeness (QED) is 0.749. The van der Waals surface area contributed by atoms with E-state index >= 15 is 0 Å². The normalized spacial score (nSPS) is 10.4. The Bertz CT molecular complexity index is 770. The fourth-order valence-electron chi connectivity index (χ4n) is 2.07. The number of hydrogen-bond donors (Lipinski definition) is 2. The molecule has 3 rings (SSSR count). The van der Waals surface area contributed by atoms with Crippen molar-refractivity contribution in [3.63, 3.8) is 0 Å². The van der Waals surface area contributed by atoms with Gasteiger partial charge in [-0.1, -0.05) is 12.1 Å². The zero-order chi connectivity index (χ0) is 15.2. The van der Waals surface area contributed by atoms with Gasteiger partial charge in [-0.2, -0.15) is 0 Å². The Morgan fingerprint density at radius 1 is 1.05 bits per heavy atom. The minimum absolute atomic E-state index is 0.0977. The molecule has 1 aromatic carbocycles. The summed E-state index contributed by atoms with van der Waals surface area (Å²) in [5.74, 6) is 0.559. The number of anilines is 1. The molecule has 110 valence electrons. The third-order valence-electron chi connectivity index (χ3n) is 3.20. The number of hydrogen-bond acceptors (Lipinski definition) is 5. The Kier molecular flexibility index (Phi) is 4.20. The Hall–Kier alpha value is -3.02. The molecule has 22 heavy (non-hydrogen) atoms. The van der Waals surface area contributed by atoms with Crippen LogP contribution in [0.3, 0.4) is 0 Å². The standard InChI is InChI=1S/C16H15N5O/c22-15(18-9-12-5-7-17-8-6-12)10-19-16-13-3-1-2-4-14(13)20-11-21-16/h1-8,11H,9-10H2,(H,18,22)(H,19,20,21). The lowest BCUT2D eigenvalue weighted by Gasteiger charge is -2.09. The second kappa shape index (κ2) is 6.62. The number of nitrogens with one attached hydrogen (secondary N) is 2. The molecule has 0 radical (unpaired) electrons. The van der Waals surface area contributed by atoms with Crippen LogP contribution < -0.4 is 10.6 Å². The average Bonchev–Trinajstić information content (AvgIpc) is 2.59. The molecule has 2 heterocycles. The minimum Gasteiger partial charge on any atom is -0.360 e. The fourth-order valence-corrected chi connectivity index (χ4v) is 2.07. The number of fused-ring (bicyclic) bond motifs is 1. The van der Waals surface area contributed by atoms with Crippen molar-refractivity contribution in [2.45, 2.75) is 6.54 Å². The molecule has 2 N–H and O–H groups in total. The highest BCUT2D eigenvalue weighted by atomic mass is 16.1. The molecule has 0 fully saturated rings. The predicted molar refractivity (Wildman–Crippen MR) is 84.1 cm³/mol. The number of para-hydroxylation sites is 1. The van der Waals surface area contributed by atoms with Gasteiger partial charge in [0.1, 0.15) is 12.1 Å². The van der Waals surface area contributed by atoms with Crippen LogP contribution in [0, 0.1) is 0 Å². The summed E-state index contributed by atoms with van der Waals surface area (Å²) in [6.45, 7) is 0.639. The van der Waals surface area contributed by atoms with Gasteiger partial charge in [-0.25, -0.2) is 9.97 Å². The lowest BCUT2D eigenvalue weighted by molar-refractivity contribution is -0.119. The predicted octanol–water partition coefficient (Wildman–Crippen LogP) is 1.75. The van der Waals surface area contributed by atoms with Crippen LogP contribution in [0.5, 0.6) is 0 Å². The molecule has 0 bridgehead atoms. The number of carbonyl (C=O) groups is 1. The van der Waals surface area contributed by atoms with Crippen LogP contribution in [0.25, 0.3) is 10.9 Å². The number of nitrogens with zero attached hydrogens (tertiary/aromatic N) is 3. The van der Waals surface area contributed by atoms with Gasteiger partial charge in [0, 0.05) is 24.3 Å². The van der Waals surface area contributed by atoms with E-state index in [2.05, 4.69) is 25.6 Å². The Balaban J connectivity index is 1.58. The number of pyridine rings is 1. The van der Waals surface area contributed by atoms with E-state index < -0.39 is 0 Å². The van der Waals surface area contributed by atoms with Crippen molar-refractivity contribution in [1.29, 1.82) is 0 Å². The van der Waals surface area contributed by atoms with Crippen LogP contribution in [0.2, 0.25) is 0 Å². The summed E-state index contributed by atoms with van der Waals surface area (Å²) in [5.41, 5.74) is 1.85. The Morgan fingerprint density at radius 3 is 2.73 bits per heavy atom. The zero-order valence-corrected chi connectivity index (χ0v) is 11.9. The summed E-state index contributed by atoms with van der Waals surface area (Å²) in [6.07, 6.45) is 4.89. The van der Waals surface area contributed by atoms with Gasteiger partial charge in [-0.3, -0.25) is 9.78 Å². The Morgan fingerprint density at radius 2 is 1.86 bits per heavy atom.